The number of nitrogens with zero attached hydrogens (tertiary/aromatic N) is 4. The molecule has 2 aromatic rings. The van der Waals surface area contributed by atoms with Crippen LogP contribution in [0.3, 0.4) is 0 Å². The van der Waals surface area contributed by atoms with E-state index in [0.29, 0.717) is 49.4 Å². The number of piperazine rings is 1. The molecular weight excluding hydrogens is 321 g/mol. The highest BCUT2D eigenvalue weighted by atomic mass is 32.2. The van der Waals surface area contributed by atoms with E-state index in [4.69, 9.17) is 5.14 Å². The maximum Gasteiger partial charge on any atom is 0.210 e. The molecule has 0 bridgehead atoms. The number of sulfonamides is 1. The molecule has 1 aliphatic heterocycles. The van der Waals surface area contributed by atoms with Gasteiger partial charge in [0.1, 0.15) is 18.0 Å². The number of hydrogen-bond donors (Lipinski definition) is 1. The first-order chi connectivity index (χ1) is 10.9. The number of hydrogen-bond acceptors (Lipinski definition) is 6. The van der Waals surface area contributed by atoms with Crippen molar-refractivity contribution < 1.29 is 12.8 Å². The van der Waals surface area contributed by atoms with Crippen LogP contribution in [0.1, 0.15) is 0 Å². The van der Waals surface area contributed by atoms with Crippen LogP contribution < -0.4 is 10.0 Å². The highest BCUT2D eigenvalue weighted by molar-refractivity contribution is 7.89. The quantitative estimate of drug-likeness (QED) is 0.854. The lowest BCUT2D eigenvalue weighted by Crippen LogP contribution is -2.48. The van der Waals surface area contributed by atoms with Gasteiger partial charge in [-0.15, -0.1) is 0 Å². The van der Waals surface area contributed by atoms with Crippen molar-refractivity contribution >= 4 is 26.7 Å². The van der Waals surface area contributed by atoms with E-state index in [1.807, 2.05) is 4.90 Å². The predicted octanol–water partition coefficient (Wildman–Crippen LogP) is 0.179. The van der Waals surface area contributed by atoms with Crippen LogP contribution in [0, 0.1) is 5.82 Å². The third-order valence-corrected chi connectivity index (χ3v) is 4.69. The van der Waals surface area contributed by atoms with Gasteiger partial charge in [-0.3, -0.25) is 4.90 Å². The van der Waals surface area contributed by atoms with Crippen LogP contribution in [0.4, 0.5) is 10.2 Å². The van der Waals surface area contributed by atoms with Gasteiger partial charge in [0.15, 0.2) is 0 Å². The Labute approximate surface area is 134 Å². The average molecular weight is 339 g/mol. The summed E-state index contributed by atoms with van der Waals surface area (Å²) in [6.07, 6.45) is 1.48. The molecule has 1 aromatic carbocycles. The van der Waals surface area contributed by atoms with Crippen molar-refractivity contribution in [3.8, 4) is 0 Å². The molecule has 0 aliphatic carbocycles. The zero-order chi connectivity index (χ0) is 16.4. The van der Waals surface area contributed by atoms with Gasteiger partial charge < -0.3 is 4.90 Å². The molecule has 1 aromatic heterocycles. The molecule has 1 fully saturated rings. The largest absolute Gasteiger partial charge is 0.353 e. The highest BCUT2D eigenvalue weighted by Crippen LogP contribution is 2.24. The lowest BCUT2D eigenvalue weighted by atomic mass is 10.2. The van der Waals surface area contributed by atoms with Gasteiger partial charge in [0.25, 0.3) is 0 Å². The molecule has 1 aliphatic rings. The molecule has 124 valence electrons. The van der Waals surface area contributed by atoms with Crippen LogP contribution in [0.5, 0.6) is 0 Å². The van der Waals surface area contributed by atoms with E-state index in [2.05, 4.69) is 14.9 Å². The normalized spacial score (nSPS) is 16.9. The lowest BCUT2D eigenvalue weighted by Gasteiger charge is -2.35. The second-order valence-electron chi connectivity index (χ2n) is 5.55. The van der Waals surface area contributed by atoms with Crippen LogP contribution in [-0.2, 0) is 10.0 Å². The van der Waals surface area contributed by atoms with Crippen molar-refractivity contribution in [1.82, 2.24) is 14.9 Å². The summed E-state index contributed by atoms with van der Waals surface area (Å²) in [6, 6.07) is 4.46. The fourth-order valence-corrected chi connectivity index (χ4v) is 3.22. The first-order valence-corrected chi connectivity index (χ1v) is 9.02. The third kappa shape index (κ3) is 3.92. The molecule has 1 saturated heterocycles. The molecule has 7 nitrogen and oxygen atoms in total. The Balaban J connectivity index is 1.72. The van der Waals surface area contributed by atoms with E-state index in [1.165, 1.54) is 18.5 Å². The Morgan fingerprint density at radius 2 is 1.91 bits per heavy atom. The number of benzene rings is 1. The van der Waals surface area contributed by atoms with Crippen molar-refractivity contribution in [3.05, 3.63) is 30.3 Å². The summed E-state index contributed by atoms with van der Waals surface area (Å²) in [6.45, 7) is 3.21. The van der Waals surface area contributed by atoms with Gasteiger partial charge in [-0.2, -0.15) is 0 Å². The van der Waals surface area contributed by atoms with Crippen LogP contribution in [0.15, 0.2) is 24.5 Å². The Morgan fingerprint density at radius 3 is 2.61 bits per heavy atom. The standard InChI is InChI=1S/C14H18FN5O2S/c15-11-1-2-13-12(9-11)14(18-10-17-13)20-5-3-19(4-6-20)7-8-23(16,21)22/h1-2,9-10H,3-8H2,(H2,16,21,22). The summed E-state index contributed by atoms with van der Waals surface area (Å²) in [4.78, 5) is 12.6. The number of aromatic nitrogens is 2. The summed E-state index contributed by atoms with van der Waals surface area (Å²) >= 11 is 0. The van der Waals surface area contributed by atoms with Crippen molar-refractivity contribution in [2.45, 2.75) is 0 Å². The molecule has 9 heteroatoms. The Hall–Kier alpha value is -1.84. The molecule has 0 unspecified atom stereocenters. The lowest BCUT2D eigenvalue weighted by molar-refractivity contribution is 0.271. The van der Waals surface area contributed by atoms with E-state index < -0.39 is 10.0 Å². The van der Waals surface area contributed by atoms with Gasteiger partial charge in [0, 0.05) is 38.1 Å². The number of nitrogens with two attached hydrogens (primary N) is 1. The zero-order valence-electron chi connectivity index (χ0n) is 12.5. The minimum Gasteiger partial charge on any atom is -0.353 e. The zero-order valence-corrected chi connectivity index (χ0v) is 13.3. The SMILES string of the molecule is NS(=O)(=O)CCN1CCN(c2ncnc3ccc(F)cc23)CC1. The maximum absolute atomic E-state index is 13.5. The van der Waals surface area contributed by atoms with Crippen LogP contribution >= 0.6 is 0 Å². The second kappa shape index (κ2) is 6.34. The first-order valence-electron chi connectivity index (χ1n) is 7.30. The highest BCUT2D eigenvalue weighted by Gasteiger charge is 2.20. The van der Waals surface area contributed by atoms with E-state index in [9.17, 15) is 12.8 Å². The molecule has 0 radical (unpaired) electrons. The van der Waals surface area contributed by atoms with E-state index in [1.54, 1.807) is 6.07 Å². The van der Waals surface area contributed by atoms with Gasteiger partial charge in [-0.1, -0.05) is 0 Å². The van der Waals surface area contributed by atoms with Crippen molar-refractivity contribution in [1.29, 1.82) is 0 Å². The molecule has 0 saturated carbocycles. The molecule has 23 heavy (non-hydrogen) atoms. The van der Waals surface area contributed by atoms with Crippen LogP contribution in [0.2, 0.25) is 0 Å². The second-order valence-corrected chi connectivity index (χ2v) is 7.29. The van der Waals surface area contributed by atoms with Gasteiger partial charge in [-0.05, 0) is 18.2 Å². The Morgan fingerprint density at radius 1 is 1.17 bits per heavy atom. The number of halogens is 1. The monoisotopic (exact) mass is 339 g/mol. The van der Waals surface area contributed by atoms with E-state index in [-0.39, 0.29) is 11.6 Å². The fraction of sp³-hybridized carbons (Fsp3) is 0.429. The molecule has 0 amide bonds. The number of rotatable bonds is 4. The van der Waals surface area contributed by atoms with Gasteiger partial charge in [0.2, 0.25) is 10.0 Å². The summed E-state index contributed by atoms with van der Waals surface area (Å²) in [5.74, 6) is 0.343. The molecular formula is C14H18FN5O2S. The first kappa shape index (κ1) is 16.0. The van der Waals surface area contributed by atoms with Gasteiger partial charge in [-0.25, -0.2) is 27.9 Å². The number of anilines is 1. The van der Waals surface area contributed by atoms with E-state index >= 15 is 0 Å². The van der Waals surface area contributed by atoms with Gasteiger partial charge in [0.05, 0.1) is 11.3 Å². The summed E-state index contributed by atoms with van der Waals surface area (Å²) < 4.78 is 35.6. The molecule has 3 rings (SSSR count). The average Bonchev–Trinajstić information content (AvgIpc) is 2.52. The number of fused-ring (bicyclic) bond motifs is 1. The summed E-state index contributed by atoms with van der Waals surface area (Å²) in [5.41, 5.74) is 0.702. The Kier molecular flexibility index (Phi) is 4.42. The third-order valence-electron chi connectivity index (χ3n) is 3.94. The van der Waals surface area contributed by atoms with Crippen molar-refractivity contribution in [3.63, 3.8) is 0 Å². The molecule has 2 heterocycles. The van der Waals surface area contributed by atoms with Gasteiger partial charge >= 0.3 is 0 Å². The molecule has 0 spiro atoms. The minimum atomic E-state index is -3.44. The summed E-state index contributed by atoms with van der Waals surface area (Å²) in [7, 11) is -3.44. The minimum absolute atomic E-state index is 0.0470. The van der Waals surface area contributed by atoms with Crippen LogP contribution in [0.25, 0.3) is 10.9 Å². The maximum atomic E-state index is 13.5. The smallest absolute Gasteiger partial charge is 0.210 e. The topological polar surface area (TPSA) is 92.4 Å². The molecule has 2 N–H and O–H groups in total. The predicted molar refractivity (Wildman–Crippen MR) is 86.1 cm³/mol. The summed E-state index contributed by atoms with van der Waals surface area (Å²) in [5, 5.41) is 5.72. The number of primary sulfonamides is 1. The van der Waals surface area contributed by atoms with Crippen LogP contribution in [-0.4, -0.2) is 61.8 Å². The van der Waals surface area contributed by atoms with Crippen molar-refractivity contribution in [2.75, 3.05) is 43.4 Å². The van der Waals surface area contributed by atoms with E-state index in [0.717, 1.165) is 0 Å². The van der Waals surface area contributed by atoms with Crippen molar-refractivity contribution in [2.24, 2.45) is 5.14 Å². The Bertz CT molecular complexity index is 806. The molecule has 0 atom stereocenters. The fourth-order valence-electron chi connectivity index (χ4n) is 2.71.